The fraction of sp³-hybridized carbons (Fsp3) is 0.294. The van der Waals surface area contributed by atoms with Crippen LogP contribution in [0.3, 0.4) is 0 Å². The maximum Gasteiger partial charge on any atom is 0.416 e. The molecule has 0 unspecified atom stereocenters. The molecule has 0 radical (unpaired) electrons. The summed E-state index contributed by atoms with van der Waals surface area (Å²) in [5.74, 6) is 1.25. The first-order valence-corrected chi connectivity index (χ1v) is 15.0. The zero-order chi connectivity index (χ0) is 32.3. The van der Waals surface area contributed by atoms with Gasteiger partial charge in [0.25, 0.3) is 5.91 Å². The number of methoxy groups -OCH3 is 1. The lowest BCUT2D eigenvalue weighted by molar-refractivity contribution is -0.138. The number of alkyl halides is 3. The Morgan fingerprint density at radius 1 is 1.02 bits per heavy atom. The monoisotopic (exact) mass is 630 g/mol. The Morgan fingerprint density at radius 2 is 1.83 bits per heavy atom. The second kappa shape index (κ2) is 13.2. The predicted molar refractivity (Wildman–Crippen MR) is 169 cm³/mol. The standard InChI is InChI=1S/C34H33F3N6O3/c1-46-29-19-25(43-15-12-26(44)13-16-43)10-9-21(29)18-30-41-28-11-14-38-31(28)32(42-30)40-24-7-4-6-22(17-24)33(45)39-20-23-5-2-3-8-27(23)34(35,36)37/h2-10,14,17,19,26,44H,11-13,15-16,18,20H2,1H3,(H,39,45)(H,40,41,42). The Morgan fingerprint density at radius 3 is 2.61 bits per heavy atom. The molecule has 6 rings (SSSR count). The van der Waals surface area contributed by atoms with E-state index in [1.807, 2.05) is 18.2 Å². The van der Waals surface area contributed by atoms with Gasteiger partial charge in [0.05, 0.1) is 24.5 Å². The van der Waals surface area contributed by atoms with Crippen LogP contribution in [0.15, 0.2) is 71.7 Å². The number of carbonyl (C=O) groups is 1. The van der Waals surface area contributed by atoms with Crippen molar-refractivity contribution in [2.75, 3.05) is 30.4 Å². The number of aliphatic hydroxyl groups is 1. The van der Waals surface area contributed by atoms with E-state index in [-0.39, 0.29) is 23.8 Å². The number of aromatic nitrogens is 2. The van der Waals surface area contributed by atoms with Crippen molar-refractivity contribution in [3.63, 3.8) is 0 Å². The summed E-state index contributed by atoms with van der Waals surface area (Å²) >= 11 is 0. The molecular formula is C34H33F3N6O3. The number of benzene rings is 3. The van der Waals surface area contributed by atoms with E-state index < -0.39 is 17.6 Å². The minimum Gasteiger partial charge on any atom is -0.496 e. The smallest absolute Gasteiger partial charge is 0.416 e. The lowest BCUT2D eigenvalue weighted by Gasteiger charge is -2.31. The molecule has 1 aromatic heterocycles. The van der Waals surface area contributed by atoms with E-state index in [9.17, 15) is 23.1 Å². The van der Waals surface area contributed by atoms with Gasteiger partial charge in [-0.05, 0) is 48.7 Å². The lowest BCUT2D eigenvalue weighted by atomic mass is 10.1. The van der Waals surface area contributed by atoms with Gasteiger partial charge in [-0.25, -0.2) is 9.97 Å². The van der Waals surface area contributed by atoms with Crippen LogP contribution in [0.25, 0.3) is 0 Å². The summed E-state index contributed by atoms with van der Waals surface area (Å²) in [6, 6.07) is 17.9. The lowest BCUT2D eigenvalue weighted by Crippen LogP contribution is -2.35. The summed E-state index contributed by atoms with van der Waals surface area (Å²) in [7, 11) is 1.63. The number of nitrogens with zero attached hydrogens (tertiary/aromatic N) is 4. The molecule has 4 aromatic rings. The second-order valence-corrected chi connectivity index (χ2v) is 11.2. The third-order valence-electron chi connectivity index (χ3n) is 8.11. The highest BCUT2D eigenvalue weighted by atomic mass is 19.4. The first kappa shape index (κ1) is 31.0. The second-order valence-electron chi connectivity index (χ2n) is 11.2. The number of nitrogens with one attached hydrogen (secondary N) is 2. The molecule has 0 aliphatic carbocycles. The number of hydrogen-bond donors (Lipinski definition) is 3. The molecule has 238 valence electrons. The van der Waals surface area contributed by atoms with Crippen LogP contribution in [0.2, 0.25) is 0 Å². The van der Waals surface area contributed by atoms with Crippen molar-refractivity contribution in [2.24, 2.45) is 4.99 Å². The molecule has 1 fully saturated rings. The highest BCUT2D eigenvalue weighted by Gasteiger charge is 2.33. The Balaban J connectivity index is 1.18. The van der Waals surface area contributed by atoms with Gasteiger partial charge in [-0.2, -0.15) is 13.2 Å². The molecule has 1 saturated heterocycles. The summed E-state index contributed by atoms with van der Waals surface area (Å²) in [6.45, 7) is 1.29. The van der Waals surface area contributed by atoms with Crippen molar-refractivity contribution in [3.8, 4) is 5.75 Å². The quantitative estimate of drug-likeness (QED) is 0.208. The van der Waals surface area contributed by atoms with Crippen LogP contribution in [-0.4, -0.2) is 53.5 Å². The first-order chi connectivity index (χ1) is 22.2. The Bertz CT molecular complexity index is 1770. The van der Waals surface area contributed by atoms with E-state index >= 15 is 0 Å². The van der Waals surface area contributed by atoms with E-state index in [0.29, 0.717) is 35.9 Å². The molecule has 12 heteroatoms. The number of rotatable bonds is 9. The zero-order valence-corrected chi connectivity index (χ0v) is 25.1. The fourth-order valence-electron chi connectivity index (χ4n) is 5.69. The Hall–Kier alpha value is -4.97. The molecule has 9 nitrogen and oxygen atoms in total. The summed E-state index contributed by atoms with van der Waals surface area (Å²) in [5.41, 5.74) is 3.37. The highest BCUT2D eigenvalue weighted by molar-refractivity contribution is 5.95. The average Bonchev–Trinajstić information content (AvgIpc) is 3.53. The Kier molecular flexibility index (Phi) is 8.89. The van der Waals surface area contributed by atoms with E-state index in [1.54, 1.807) is 37.6 Å². The minimum atomic E-state index is -4.52. The molecule has 3 N–H and O–H groups in total. The van der Waals surface area contributed by atoms with Crippen LogP contribution < -0.4 is 20.3 Å². The number of carbonyl (C=O) groups excluding carboxylic acids is 1. The number of aliphatic imine (C=N–C) groups is 1. The number of ether oxygens (including phenoxy) is 1. The van der Waals surface area contributed by atoms with Gasteiger partial charge in [-0.3, -0.25) is 9.79 Å². The van der Waals surface area contributed by atoms with Crippen LogP contribution in [-0.2, 0) is 25.6 Å². The maximum absolute atomic E-state index is 13.4. The van der Waals surface area contributed by atoms with Gasteiger partial charge >= 0.3 is 6.18 Å². The molecule has 0 bridgehead atoms. The first-order valence-electron chi connectivity index (χ1n) is 15.0. The molecule has 1 amide bonds. The molecule has 46 heavy (non-hydrogen) atoms. The number of hydrogen-bond acceptors (Lipinski definition) is 8. The number of halogens is 3. The van der Waals surface area contributed by atoms with Crippen LogP contribution in [0, 0.1) is 0 Å². The molecule has 3 aromatic carbocycles. The van der Waals surface area contributed by atoms with Gasteiger partial charge in [0.15, 0.2) is 5.82 Å². The van der Waals surface area contributed by atoms with Gasteiger partial charge in [0, 0.05) is 67.3 Å². The molecule has 2 aliphatic rings. The third kappa shape index (κ3) is 6.96. The zero-order valence-electron chi connectivity index (χ0n) is 25.1. The van der Waals surface area contributed by atoms with Crippen molar-refractivity contribution in [1.29, 1.82) is 0 Å². The summed E-state index contributed by atoms with van der Waals surface area (Å²) in [4.78, 5) is 29.2. The van der Waals surface area contributed by atoms with Gasteiger partial charge in [0.2, 0.25) is 0 Å². The van der Waals surface area contributed by atoms with E-state index in [4.69, 9.17) is 14.7 Å². The number of piperidine rings is 1. The van der Waals surface area contributed by atoms with Gasteiger partial charge in [-0.1, -0.05) is 30.3 Å². The molecule has 0 spiro atoms. The number of aliphatic hydroxyl groups excluding tert-OH is 1. The molecular weight excluding hydrogens is 597 g/mol. The van der Waals surface area contributed by atoms with Crippen LogP contribution in [0.1, 0.15) is 51.4 Å². The Labute approximate surface area is 264 Å². The van der Waals surface area contributed by atoms with Gasteiger partial charge < -0.3 is 25.4 Å². The van der Waals surface area contributed by atoms with Crippen molar-refractivity contribution in [2.45, 2.75) is 44.5 Å². The number of anilines is 3. The molecule has 2 aliphatic heterocycles. The van der Waals surface area contributed by atoms with Crippen molar-refractivity contribution in [1.82, 2.24) is 15.3 Å². The van der Waals surface area contributed by atoms with Crippen LogP contribution in [0.5, 0.6) is 5.75 Å². The van der Waals surface area contributed by atoms with Crippen molar-refractivity contribution >= 4 is 35.0 Å². The van der Waals surface area contributed by atoms with Gasteiger partial charge in [0.1, 0.15) is 17.3 Å². The largest absolute Gasteiger partial charge is 0.496 e. The van der Waals surface area contributed by atoms with Crippen molar-refractivity contribution < 1.29 is 27.8 Å². The minimum absolute atomic E-state index is 0.0165. The van der Waals surface area contributed by atoms with E-state index in [0.717, 1.165) is 54.7 Å². The topological polar surface area (TPSA) is 112 Å². The maximum atomic E-state index is 13.4. The molecule has 0 atom stereocenters. The van der Waals surface area contributed by atoms with Crippen LogP contribution >= 0.6 is 0 Å². The average molecular weight is 631 g/mol. The van der Waals surface area contributed by atoms with E-state index in [1.165, 1.54) is 18.2 Å². The van der Waals surface area contributed by atoms with Crippen LogP contribution in [0.4, 0.5) is 36.1 Å². The summed E-state index contributed by atoms with van der Waals surface area (Å²) in [5, 5.41) is 15.7. The summed E-state index contributed by atoms with van der Waals surface area (Å²) in [6.07, 6.45) is -0.580. The predicted octanol–water partition coefficient (Wildman–Crippen LogP) is 5.99. The SMILES string of the molecule is COc1cc(N2CCC(O)CC2)ccc1Cc1nc2c(c(Nc3cccc(C(=O)NCc4ccccc4C(F)(F)F)c3)n1)N=CC2. The molecule has 3 heterocycles. The number of amides is 1. The fourth-order valence-corrected chi connectivity index (χ4v) is 5.69. The van der Waals surface area contributed by atoms with Crippen molar-refractivity contribution in [3.05, 3.63) is 101 Å². The molecule has 0 saturated carbocycles. The van der Waals surface area contributed by atoms with E-state index in [2.05, 4.69) is 20.5 Å². The number of fused-ring (bicyclic) bond motifs is 1. The van der Waals surface area contributed by atoms with Gasteiger partial charge in [-0.15, -0.1) is 0 Å². The summed E-state index contributed by atoms with van der Waals surface area (Å²) < 4.78 is 45.9. The highest BCUT2D eigenvalue weighted by Crippen LogP contribution is 2.35. The normalized spacial score (nSPS) is 14.7. The third-order valence-corrected chi connectivity index (χ3v) is 8.11.